The molecule has 3 rings (SSSR count). The minimum atomic E-state index is -4.83. The van der Waals surface area contributed by atoms with Crippen LogP contribution < -0.4 is 9.64 Å². The van der Waals surface area contributed by atoms with E-state index in [4.69, 9.17) is 4.74 Å². The molecule has 128 valence electrons. The number of halogens is 5. The van der Waals surface area contributed by atoms with E-state index in [1.807, 2.05) is 4.90 Å². The maximum atomic E-state index is 14.0. The molecule has 1 fully saturated rings. The molecule has 0 aliphatic carbocycles. The number of ether oxygens (including phenoxy) is 1. The number of nitrogens with zero attached hydrogens (tertiary/aromatic N) is 1. The van der Waals surface area contributed by atoms with E-state index in [-0.39, 0.29) is 17.9 Å². The molecule has 7 heteroatoms. The van der Waals surface area contributed by atoms with Gasteiger partial charge in [-0.15, -0.1) is 0 Å². The van der Waals surface area contributed by atoms with Gasteiger partial charge in [0.2, 0.25) is 0 Å². The van der Waals surface area contributed by atoms with Crippen LogP contribution in [0.4, 0.5) is 27.6 Å². The maximum absolute atomic E-state index is 14.0. The summed E-state index contributed by atoms with van der Waals surface area (Å²) in [5, 5.41) is 0. The zero-order chi connectivity index (χ0) is 17.3. The molecule has 1 aliphatic heterocycles. The zero-order valence-electron chi connectivity index (χ0n) is 12.5. The molecule has 1 heterocycles. The molecule has 0 N–H and O–H groups in total. The summed E-state index contributed by atoms with van der Waals surface area (Å²) >= 11 is 0. The van der Waals surface area contributed by atoms with Crippen molar-refractivity contribution in [2.45, 2.75) is 19.0 Å². The van der Waals surface area contributed by atoms with Gasteiger partial charge >= 0.3 is 6.18 Å². The van der Waals surface area contributed by atoms with E-state index < -0.39 is 29.1 Å². The summed E-state index contributed by atoms with van der Waals surface area (Å²) in [6.45, 7) is 1.58. The fraction of sp³-hybridized carbons (Fsp3) is 0.294. The standard InChI is InChI=1S/C17H14F5NO/c18-12-9-11(17(20,21)22)10-13(19)16(12)24-15-6-2-1-5-14(15)23-7-3-4-8-23/h1-2,5-6,9-10H,3-4,7-8H2. The van der Waals surface area contributed by atoms with E-state index in [1.54, 1.807) is 18.2 Å². The van der Waals surface area contributed by atoms with Gasteiger partial charge in [-0.25, -0.2) is 8.78 Å². The molecule has 1 saturated heterocycles. The molecule has 0 amide bonds. The molecule has 2 aromatic carbocycles. The highest BCUT2D eigenvalue weighted by Crippen LogP contribution is 2.38. The summed E-state index contributed by atoms with van der Waals surface area (Å²) < 4.78 is 71.0. The second-order valence-electron chi connectivity index (χ2n) is 5.53. The molecule has 0 saturated carbocycles. The molecular weight excluding hydrogens is 329 g/mol. The molecular formula is C17H14F5NO. The van der Waals surface area contributed by atoms with Crippen LogP contribution in [0.3, 0.4) is 0 Å². The van der Waals surface area contributed by atoms with Gasteiger partial charge in [-0.3, -0.25) is 0 Å². The Kier molecular flexibility index (Phi) is 4.34. The molecule has 24 heavy (non-hydrogen) atoms. The van der Waals surface area contributed by atoms with E-state index in [0.717, 1.165) is 25.9 Å². The third-order valence-electron chi connectivity index (χ3n) is 3.85. The van der Waals surface area contributed by atoms with Gasteiger partial charge in [0.25, 0.3) is 0 Å². The van der Waals surface area contributed by atoms with E-state index >= 15 is 0 Å². The van der Waals surface area contributed by atoms with Gasteiger partial charge in [0, 0.05) is 13.1 Å². The number of alkyl halides is 3. The Balaban J connectivity index is 1.95. The fourth-order valence-electron chi connectivity index (χ4n) is 2.69. The zero-order valence-corrected chi connectivity index (χ0v) is 12.5. The van der Waals surface area contributed by atoms with Crippen molar-refractivity contribution in [2.24, 2.45) is 0 Å². The van der Waals surface area contributed by atoms with Crippen molar-refractivity contribution in [3.63, 3.8) is 0 Å². The monoisotopic (exact) mass is 343 g/mol. The van der Waals surface area contributed by atoms with Crippen molar-refractivity contribution in [1.29, 1.82) is 0 Å². The first-order valence-corrected chi connectivity index (χ1v) is 7.44. The predicted molar refractivity (Wildman–Crippen MR) is 79.3 cm³/mol. The van der Waals surface area contributed by atoms with Crippen LogP contribution >= 0.6 is 0 Å². The van der Waals surface area contributed by atoms with Crippen LogP contribution in [0.25, 0.3) is 0 Å². The van der Waals surface area contributed by atoms with Crippen molar-refractivity contribution < 1.29 is 26.7 Å². The summed E-state index contributed by atoms with van der Waals surface area (Å²) in [6.07, 6.45) is -2.83. The van der Waals surface area contributed by atoms with Crippen molar-refractivity contribution >= 4 is 5.69 Å². The SMILES string of the molecule is Fc1cc(C(F)(F)F)cc(F)c1Oc1ccccc1N1CCCC1. The van der Waals surface area contributed by atoms with Gasteiger partial charge in [-0.1, -0.05) is 12.1 Å². The molecule has 0 atom stereocenters. The van der Waals surface area contributed by atoms with Crippen LogP contribution in [0.2, 0.25) is 0 Å². The number of rotatable bonds is 3. The second kappa shape index (κ2) is 6.30. The Hall–Kier alpha value is -2.31. The highest BCUT2D eigenvalue weighted by Gasteiger charge is 2.33. The van der Waals surface area contributed by atoms with Crippen LogP contribution in [0.1, 0.15) is 18.4 Å². The van der Waals surface area contributed by atoms with Gasteiger partial charge in [0.05, 0.1) is 11.3 Å². The number of benzene rings is 2. The molecule has 0 aromatic heterocycles. The number of hydrogen-bond donors (Lipinski definition) is 0. The Morgan fingerprint density at radius 1 is 0.917 bits per heavy atom. The first-order chi connectivity index (χ1) is 11.4. The van der Waals surface area contributed by atoms with Crippen molar-refractivity contribution in [3.8, 4) is 11.5 Å². The first-order valence-electron chi connectivity index (χ1n) is 7.44. The third kappa shape index (κ3) is 3.29. The minimum absolute atomic E-state index is 0.206. The fourth-order valence-corrected chi connectivity index (χ4v) is 2.69. The predicted octanol–water partition coefficient (Wildman–Crippen LogP) is 5.38. The summed E-state index contributed by atoms with van der Waals surface area (Å²) in [6, 6.07) is 7.15. The average molecular weight is 343 g/mol. The number of hydrogen-bond acceptors (Lipinski definition) is 2. The molecule has 0 unspecified atom stereocenters. The van der Waals surface area contributed by atoms with Crippen LogP contribution in [0.15, 0.2) is 36.4 Å². The maximum Gasteiger partial charge on any atom is 0.416 e. The summed E-state index contributed by atoms with van der Waals surface area (Å²) in [5.41, 5.74) is -0.730. The van der Waals surface area contributed by atoms with Gasteiger partial charge in [0.15, 0.2) is 23.1 Å². The summed E-state index contributed by atoms with van der Waals surface area (Å²) in [7, 11) is 0. The molecule has 0 spiro atoms. The van der Waals surface area contributed by atoms with E-state index in [9.17, 15) is 22.0 Å². The van der Waals surface area contributed by atoms with Crippen molar-refractivity contribution in [2.75, 3.05) is 18.0 Å². The van der Waals surface area contributed by atoms with Gasteiger partial charge in [0.1, 0.15) is 0 Å². The van der Waals surface area contributed by atoms with E-state index in [0.29, 0.717) is 5.69 Å². The topological polar surface area (TPSA) is 12.5 Å². The molecule has 0 bridgehead atoms. The Morgan fingerprint density at radius 2 is 1.50 bits per heavy atom. The lowest BCUT2D eigenvalue weighted by molar-refractivity contribution is -0.138. The highest BCUT2D eigenvalue weighted by molar-refractivity contribution is 5.60. The Labute approximate surface area is 135 Å². The smallest absolute Gasteiger partial charge is 0.416 e. The molecule has 0 radical (unpaired) electrons. The lowest BCUT2D eigenvalue weighted by Gasteiger charge is -2.21. The second-order valence-corrected chi connectivity index (χ2v) is 5.53. The van der Waals surface area contributed by atoms with Crippen LogP contribution in [0, 0.1) is 11.6 Å². The molecule has 2 aromatic rings. The average Bonchev–Trinajstić information content (AvgIpc) is 3.04. The van der Waals surface area contributed by atoms with Crippen LogP contribution in [0.5, 0.6) is 11.5 Å². The van der Waals surface area contributed by atoms with Crippen molar-refractivity contribution in [3.05, 3.63) is 53.6 Å². The van der Waals surface area contributed by atoms with Crippen LogP contribution in [-0.2, 0) is 6.18 Å². The van der Waals surface area contributed by atoms with E-state index in [2.05, 4.69) is 0 Å². The van der Waals surface area contributed by atoms with Gasteiger partial charge in [-0.05, 0) is 37.1 Å². The van der Waals surface area contributed by atoms with Crippen molar-refractivity contribution in [1.82, 2.24) is 0 Å². The lowest BCUT2D eigenvalue weighted by atomic mass is 10.2. The van der Waals surface area contributed by atoms with Crippen LogP contribution in [-0.4, -0.2) is 13.1 Å². The highest BCUT2D eigenvalue weighted by atomic mass is 19.4. The number of para-hydroxylation sites is 2. The largest absolute Gasteiger partial charge is 0.449 e. The van der Waals surface area contributed by atoms with Gasteiger partial charge < -0.3 is 9.64 Å². The third-order valence-corrected chi connectivity index (χ3v) is 3.85. The molecule has 1 aliphatic rings. The Bertz CT molecular complexity index is 715. The molecule has 2 nitrogen and oxygen atoms in total. The van der Waals surface area contributed by atoms with E-state index in [1.165, 1.54) is 6.07 Å². The quantitative estimate of drug-likeness (QED) is 0.694. The first kappa shape index (κ1) is 16.5. The lowest BCUT2D eigenvalue weighted by Crippen LogP contribution is -2.18. The normalized spacial score (nSPS) is 15.0. The minimum Gasteiger partial charge on any atom is -0.449 e. The Morgan fingerprint density at radius 3 is 2.08 bits per heavy atom. The summed E-state index contributed by atoms with van der Waals surface area (Å²) in [5.74, 6) is -3.41. The number of anilines is 1. The summed E-state index contributed by atoms with van der Waals surface area (Å²) in [4.78, 5) is 2.01. The van der Waals surface area contributed by atoms with Gasteiger partial charge in [-0.2, -0.15) is 13.2 Å².